The maximum atomic E-state index is 12.3. The van der Waals surface area contributed by atoms with Gasteiger partial charge < -0.3 is 14.8 Å². The Morgan fingerprint density at radius 3 is 2.14 bits per heavy atom. The van der Waals surface area contributed by atoms with Crippen LogP contribution in [0.1, 0.15) is 54.4 Å². The van der Waals surface area contributed by atoms with Crippen molar-refractivity contribution in [2.45, 2.75) is 71.1 Å². The minimum Gasteiger partial charge on any atom is -0.458 e. The van der Waals surface area contributed by atoms with Crippen molar-refractivity contribution >= 4 is 12.1 Å². The Bertz CT molecular complexity index is 468. The number of rotatable bonds is 3. The van der Waals surface area contributed by atoms with E-state index in [2.05, 4.69) is 5.32 Å². The molecule has 0 spiro atoms. The van der Waals surface area contributed by atoms with Gasteiger partial charge in [-0.05, 0) is 48.0 Å². The van der Waals surface area contributed by atoms with Crippen LogP contribution < -0.4 is 5.32 Å². The van der Waals surface area contributed by atoms with Gasteiger partial charge in [0.15, 0.2) is 0 Å². The minimum absolute atomic E-state index is 0.190. The molecule has 0 aromatic carbocycles. The summed E-state index contributed by atoms with van der Waals surface area (Å²) in [6, 6.07) is 2.02. The zero-order valence-corrected chi connectivity index (χ0v) is 13.6. The van der Waals surface area contributed by atoms with Crippen molar-refractivity contribution in [1.29, 1.82) is 5.26 Å². The van der Waals surface area contributed by atoms with Crippen LogP contribution in [-0.4, -0.2) is 28.8 Å². The van der Waals surface area contributed by atoms with Gasteiger partial charge in [-0.25, -0.2) is 9.59 Å². The SMILES string of the molecule is CC(C)(C)OC(=O)N[C@@]1(C(=O)OC(C)(C)C)C[C@H]1CC#N. The molecule has 0 unspecified atom stereocenters. The summed E-state index contributed by atoms with van der Waals surface area (Å²) < 4.78 is 10.5. The predicted molar refractivity (Wildman–Crippen MR) is 76.3 cm³/mol. The first-order chi connectivity index (χ1) is 9.39. The van der Waals surface area contributed by atoms with Crippen LogP contribution >= 0.6 is 0 Å². The maximum Gasteiger partial charge on any atom is 0.408 e. The number of hydrogen-bond acceptors (Lipinski definition) is 5. The Morgan fingerprint density at radius 1 is 1.19 bits per heavy atom. The Labute approximate surface area is 125 Å². The number of alkyl carbamates (subject to hydrolysis) is 1. The first-order valence-electron chi connectivity index (χ1n) is 7.01. The molecule has 0 saturated heterocycles. The van der Waals surface area contributed by atoms with Crippen LogP contribution in [0, 0.1) is 17.2 Å². The number of hydrogen-bond donors (Lipinski definition) is 1. The topological polar surface area (TPSA) is 88.4 Å². The molecule has 1 N–H and O–H groups in total. The molecule has 0 radical (unpaired) electrons. The molecule has 1 fully saturated rings. The van der Waals surface area contributed by atoms with E-state index in [1.807, 2.05) is 6.07 Å². The molecule has 0 aromatic rings. The average molecular weight is 296 g/mol. The standard InChI is InChI=1S/C15H24N2O4/c1-13(2,3)20-11(18)15(9-10(15)7-8-16)17-12(19)21-14(4,5)6/h10H,7,9H2,1-6H3,(H,17,19)/t10-,15+/m1/s1. The van der Waals surface area contributed by atoms with E-state index in [0.717, 1.165) is 0 Å². The fourth-order valence-electron chi connectivity index (χ4n) is 2.00. The highest BCUT2D eigenvalue weighted by atomic mass is 16.6. The second-order valence-electron chi connectivity index (χ2n) is 7.36. The lowest BCUT2D eigenvalue weighted by molar-refractivity contribution is -0.159. The highest BCUT2D eigenvalue weighted by molar-refractivity contribution is 5.90. The Morgan fingerprint density at radius 2 is 1.71 bits per heavy atom. The van der Waals surface area contributed by atoms with Crippen LogP contribution in [0.3, 0.4) is 0 Å². The quantitative estimate of drug-likeness (QED) is 0.808. The van der Waals surface area contributed by atoms with Crippen LogP contribution in [0.2, 0.25) is 0 Å². The van der Waals surface area contributed by atoms with Crippen LogP contribution in [0.15, 0.2) is 0 Å². The number of nitrogens with zero attached hydrogens (tertiary/aromatic N) is 1. The van der Waals surface area contributed by atoms with Gasteiger partial charge in [-0.2, -0.15) is 5.26 Å². The molecule has 0 bridgehead atoms. The van der Waals surface area contributed by atoms with Crippen molar-refractivity contribution < 1.29 is 19.1 Å². The molecule has 6 heteroatoms. The Balaban J connectivity index is 2.80. The van der Waals surface area contributed by atoms with E-state index in [-0.39, 0.29) is 12.3 Å². The van der Waals surface area contributed by atoms with Crippen LogP contribution in [-0.2, 0) is 14.3 Å². The van der Waals surface area contributed by atoms with Gasteiger partial charge in [-0.15, -0.1) is 0 Å². The number of carbonyl (C=O) groups is 2. The van der Waals surface area contributed by atoms with E-state index in [1.54, 1.807) is 41.5 Å². The fourth-order valence-corrected chi connectivity index (χ4v) is 2.00. The molecule has 1 saturated carbocycles. The van der Waals surface area contributed by atoms with Crippen LogP contribution in [0.5, 0.6) is 0 Å². The largest absolute Gasteiger partial charge is 0.458 e. The first kappa shape index (κ1) is 17.3. The van der Waals surface area contributed by atoms with E-state index in [1.165, 1.54) is 0 Å². The maximum absolute atomic E-state index is 12.3. The zero-order chi connectivity index (χ0) is 16.5. The van der Waals surface area contributed by atoms with Gasteiger partial charge in [0, 0.05) is 12.3 Å². The number of esters is 1. The molecule has 0 aromatic heterocycles. The third kappa shape index (κ3) is 4.92. The predicted octanol–water partition coefficient (Wildman–Crippen LogP) is 2.53. The molecule has 118 valence electrons. The number of nitriles is 1. The second kappa shape index (κ2) is 5.55. The normalized spacial score (nSPS) is 24.7. The van der Waals surface area contributed by atoms with Gasteiger partial charge in [-0.1, -0.05) is 0 Å². The lowest BCUT2D eigenvalue weighted by Crippen LogP contribution is -2.49. The Hall–Kier alpha value is -1.77. The fraction of sp³-hybridized carbons (Fsp3) is 0.800. The van der Waals surface area contributed by atoms with Gasteiger partial charge in [0.1, 0.15) is 16.7 Å². The van der Waals surface area contributed by atoms with Crippen molar-refractivity contribution in [3.05, 3.63) is 0 Å². The second-order valence-corrected chi connectivity index (χ2v) is 7.36. The number of carbonyl (C=O) groups excluding carboxylic acids is 2. The molecule has 21 heavy (non-hydrogen) atoms. The number of amides is 1. The molecule has 1 aliphatic carbocycles. The third-order valence-corrected chi connectivity index (χ3v) is 2.93. The smallest absolute Gasteiger partial charge is 0.408 e. The van der Waals surface area contributed by atoms with Gasteiger partial charge in [-0.3, -0.25) is 0 Å². The van der Waals surface area contributed by atoms with Crippen molar-refractivity contribution in [2.24, 2.45) is 5.92 Å². The van der Waals surface area contributed by atoms with Crippen molar-refractivity contribution in [2.75, 3.05) is 0 Å². The van der Waals surface area contributed by atoms with E-state index in [0.29, 0.717) is 6.42 Å². The lowest BCUT2D eigenvalue weighted by atomic mass is 10.1. The molecule has 0 heterocycles. The minimum atomic E-state index is -1.13. The molecule has 6 nitrogen and oxygen atoms in total. The molecule has 2 atom stereocenters. The van der Waals surface area contributed by atoms with E-state index in [9.17, 15) is 9.59 Å². The molecule has 0 aliphatic heterocycles. The lowest BCUT2D eigenvalue weighted by Gasteiger charge is -2.26. The van der Waals surface area contributed by atoms with Gasteiger partial charge in [0.25, 0.3) is 0 Å². The van der Waals surface area contributed by atoms with Gasteiger partial charge in [0.05, 0.1) is 6.07 Å². The first-order valence-corrected chi connectivity index (χ1v) is 7.01. The van der Waals surface area contributed by atoms with Crippen molar-refractivity contribution in [3.8, 4) is 6.07 Å². The molecular weight excluding hydrogens is 272 g/mol. The van der Waals surface area contributed by atoms with Gasteiger partial charge in [0.2, 0.25) is 0 Å². The summed E-state index contributed by atoms with van der Waals surface area (Å²) in [6.45, 7) is 10.5. The summed E-state index contributed by atoms with van der Waals surface area (Å²) in [7, 11) is 0. The van der Waals surface area contributed by atoms with Crippen LogP contribution in [0.25, 0.3) is 0 Å². The molecule has 1 rings (SSSR count). The monoisotopic (exact) mass is 296 g/mol. The van der Waals surface area contributed by atoms with Crippen molar-refractivity contribution in [1.82, 2.24) is 5.32 Å². The molecular formula is C15H24N2O4. The zero-order valence-electron chi connectivity index (χ0n) is 13.6. The average Bonchev–Trinajstić information content (AvgIpc) is 2.87. The summed E-state index contributed by atoms with van der Waals surface area (Å²) in [5.41, 5.74) is -2.44. The molecule has 1 aliphatic rings. The highest BCUT2D eigenvalue weighted by Crippen LogP contribution is 2.47. The Kier molecular flexibility index (Phi) is 4.57. The molecule has 1 amide bonds. The van der Waals surface area contributed by atoms with Crippen molar-refractivity contribution in [3.63, 3.8) is 0 Å². The number of ether oxygens (including phenoxy) is 2. The third-order valence-electron chi connectivity index (χ3n) is 2.93. The summed E-state index contributed by atoms with van der Waals surface area (Å²) in [5, 5.41) is 11.4. The highest BCUT2D eigenvalue weighted by Gasteiger charge is 2.63. The van der Waals surface area contributed by atoms with E-state index in [4.69, 9.17) is 14.7 Å². The summed E-state index contributed by atoms with van der Waals surface area (Å²) in [4.78, 5) is 24.2. The van der Waals surface area contributed by atoms with E-state index >= 15 is 0 Å². The van der Waals surface area contributed by atoms with E-state index < -0.39 is 28.8 Å². The summed E-state index contributed by atoms with van der Waals surface area (Å²) in [6.07, 6.45) is -0.0853. The summed E-state index contributed by atoms with van der Waals surface area (Å²) in [5.74, 6) is -0.744. The number of nitrogens with one attached hydrogen (secondary N) is 1. The van der Waals surface area contributed by atoms with Crippen LogP contribution in [0.4, 0.5) is 4.79 Å². The van der Waals surface area contributed by atoms with Gasteiger partial charge >= 0.3 is 12.1 Å². The summed E-state index contributed by atoms with van der Waals surface area (Å²) >= 11 is 0.